The van der Waals surface area contributed by atoms with Gasteiger partial charge >= 0.3 is 0 Å². The first-order valence-corrected chi connectivity index (χ1v) is 9.23. The van der Waals surface area contributed by atoms with E-state index in [9.17, 15) is 9.59 Å². The number of hydrogen-bond donors (Lipinski definition) is 1. The van der Waals surface area contributed by atoms with Crippen molar-refractivity contribution in [3.63, 3.8) is 0 Å². The van der Waals surface area contributed by atoms with Gasteiger partial charge < -0.3 is 10.2 Å². The highest BCUT2D eigenvalue weighted by Crippen LogP contribution is 2.21. The van der Waals surface area contributed by atoms with Crippen molar-refractivity contribution in [2.45, 2.75) is 45.3 Å². The highest BCUT2D eigenvalue weighted by Gasteiger charge is 2.40. The van der Waals surface area contributed by atoms with Crippen molar-refractivity contribution in [2.75, 3.05) is 0 Å². The van der Waals surface area contributed by atoms with E-state index in [4.69, 9.17) is 0 Å². The monoisotopic (exact) mass is 350 g/mol. The molecule has 2 aromatic rings. The highest BCUT2D eigenvalue weighted by molar-refractivity contribution is 5.97. The van der Waals surface area contributed by atoms with Crippen LogP contribution in [0.2, 0.25) is 0 Å². The van der Waals surface area contributed by atoms with E-state index < -0.39 is 12.1 Å². The zero-order chi connectivity index (χ0) is 18.5. The Morgan fingerprint density at radius 1 is 0.923 bits per heavy atom. The summed E-state index contributed by atoms with van der Waals surface area (Å²) < 4.78 is 0. The predicted molar refractivity (Wildman–Crippen MR) is 102 cm³/mol. The quantitative estimate of drug-likeness (QED) is 0.870. The molecule has 2 atom stereocenters. The molecule has 1 N–H and O–H groups in total. The van der Waals surface area contributed by atoms with E-state index in [0.29, 0.717) is 25.3 Å². The molecule has 2 aromatic carbocycles. The van der Waals surface area contributed by atoms with Crippen molar-refractivity contribution in [1.82, 2.24) is 10.2 Å². The van der Waals surface area contributed by atoms with E-state index in [0.717, 1.165) is 11.1 Å². The molecule has 3 rings (SSSR count). The van der Waals surface area contributed by atoms with Gasteiger partial charge in [-0.25, -0.2) is 0 Å². The van der Waals surface area contributed by atoms with E-state index in [-0.39, 0.29) is 11.8 Å². The standard InChI is InChI=1S/C22H26N2O2/c1-16(2)13-19-22(26)24(15-18-11-7-4-8-12-18)20(21(25)23-19)14-17-9-5-3-6-10-17/h3-12,16,19-20H,13-15H2,1-2H3,(H,23,25). The fraction of sp³-hybridized carbons (Fsp3) is 0.364. The molecule has 1 aliphatic rings. The second kappa shape index (κ2) is 8.17. The first-order valence-electron chi connectivity index (χ1n) is 9.23. The van der Waals surface area contributed by atoms with Crippen LogP contribution in [0.25, 0.3) is 0 Å². The van der Waals surface area contributed by atoms with Crippen LogP contribution in [0.4, 0.5) is 0 Å². The molecule has 2 unspecified atom stereocenters. The summed E-state index contributed by atoms with van der Waals surface area (Å²) in [5.74, 6) is 0.298. The molecule has 0 radical (unpaired) electrons. The number of benzene rings is 2. The fourth-order valence-corrected chi connectivity index (χ4v) is 3.46. The molecule has 0 aromatic heterocycles. The summed E-state index contributed by atoms with van der Waals surface area (Å²) in [4.78, 5) is 27.7. The molecule has 1 heterocycles. The third-order valence-electron chi connectivity index (χ3n) is 4.75. The maximum atomic E-state index is 13.1. The molecule has 0 saturated carbocycles. The van der Waals surface area contributed by atoms with Crippen LogP contribution in [0.3, 0.4) is 0 Å². The summed E-state index contributed by atoms with van der Waals surface area (Å²) >= 11 is 0. The Morgan fingerprint density at radius 2 is 1.50 bits per heavy atom. The molecule has 1 aliphatic heterocycles. The SMILES string of the molecule is CC(C)CC1NC(=O)C(Cc2ccccc2)N(Cc2ccccc2)C1=O. The maximum absolute atomic E-state index is 13.1. The van der Waals surface area contributed by atoms with Crippen molar-refractivity contribution in [3.8, 4) is 0 Å². The lowest BCUT2D eigenvalue weighted by Crippen LogP contribution is -2.63. The molecule has 1 saturated heterocycles. The van der Waals surface area contributed by atoms with Gasteiger partial charge in [0.1, 0.15) is 12.1 Å². The number of rotatable bonds is 6. The van der Waals surface area contributed by atoms with E-state index in [1.807, 2.05) is 60.7 Å². The lowest BCUT2D eigenvalue weighted by atomic mass is 9.95. The van der Waals surface area contributed by atoms with Gasteiger partial charge in [0.05, 0.1) is 0 Å². The first kappa shape index (κ1) is 18.2. The number of carbonyl (C=O) groups excluding carboxylic acids is 2. The Kier molecular flexibility index (Phi) is 5.71. The zero-order valence-electron chi connectivity index (χ0n) is 15.4. The first-order chi connectivity index (χ1) is 12.5. The van der Waals surface area contributed by atoms with Gasteiger partial charge in [0.2, 0.25) is 11.8 Å². The van der Waals surface area contributed by atoms with Gasteiger partial charge in [0.15, 0.2) is 0 Å². The molecule has 0 aliphatic carbocycles. The minimum atomic E-state index is -0.478. The minimum Gasteiger partial charge on any atom is -0.342 e. The van der Waals surface area contributed by atoms with Gasteiger partial charge in [-0.2, -0.15) is 0 Å². The van der Waals surface area contributed by atoms with E-state index >= 15 is 0 Å². The number of piperazine rings is 1. The molecule has 136 valence electrons. The Balaban J connectivity index is 1.86. The van der Waals surface area contributed by atoms with Crippen molar-refractivity contribution >= 4 is 11.8 Å². The molecule has 0 bridgehead atoms. The maximum Gasteiger partial charge on any atom is 0.246 e. The third-order valence-corrected chi connectivity index (χ3v) is 4.75. The predicted octanol–water partition coefficient (Wildman–Crippen LogP) is 3.17. The second-order valence-corrected chi connectivity index (χ2v) is 7.35. The number of nitrogens with one attached hydrogen (secondary N) is 1. The van der Waals surface area contributed by atoms with E-state index in [1.54, 1.807) is 4.90 Å². The number of carbonyl (C=O) groups is 2. The van der Waals surface area contributed by atoms with Crippen LogP contribution < -0.4 is 5.32 Å². The van der Waals surface area contributed by atoms with Crippen LogP contribution in [0.1, 0.15) is 31.4 Å². The van der Waals surface area contributed by atoms with Crippen molar-refractivity contribution in [1.29, 1.82) is 0 Å². The zero-order valence-corrected chi connectivity index (χ0v) is 15.4. The lowest BCUT2D eigenvalue weighted by Gasteiger charge is -2.39. The molecule has 4 nitrogen and oxygen atoms in total. The smallest absolute Gasteiger partial charge is 0.246 e. The largest absolute Gasteiger partial charge is 0.342 e. The minimum absolute atomic E-state index is 0.0167. The summed E-state index contributed by atoms with van der Waals surface area (Å²) in [6.45, 7) is 4.59. The van der Waals surface area contributed by atoms with Crippen molar-refractivity contribution < 1.29 is 9.59 Å². The van der Waals surface area contributed by atoms with Gasteiger partial charge in [-0.1, -0.05) is 74.5 Å². The average Bonchev–Trinajstić information content (AvgIpc) is 2.63. The van der Waals surface area contributed by atoms with E-state index in [1.165, 1.54) is 0 Å². The number of amides is 2. The topological polar surface area (TPSA) is 49.4 Å². The van der Waals surface area contributed by atoms with Crippen LogP contribution in [0.5, 0.6) is 0 Å². The molecule has 26 heavy (non-hydrogen) atoms. The van der Waals surface area contributed by atoms with Crippen LogP contribution >= 0.6 is 0 Å². The third kappa shape index (κ3) is 4.31. The van der Waals surface area contributed by atoms with Gasteiger partial charge in [0.25, 0.3) is 0 Å². The number of nitrogens with zero attached hydrogens (tertiary/aromatic N) is 1. The lowest BCUT2D eigenvalue weighted by molar-refractivity contribution is -0.150. The van der Waals surface area contributed by atoms with Crippen LogP contribution in [0.15, 0.2) is 60.7 Å². The second-order valence-electron chi connectivity index (χ2n) is 7.35. The summed E-state index contributed by atoms with van der Waals surface area (Å²) in [6.07, 6.45) is 1.19. The molecule has 0 spiro atoms. The molecular weight excluding hydrogens is 324 g/mol. The Bertz CT molecular complexity index is 743. The Morgan fingerprint density at radius 3 is 2.08 bits per heavy atom. The van der Waals surface area contributed by atoms with Crippen molar-refractivity contribution in [3.05, 3.63) is 71.8 Å². The van der Waals surface area contributed by atoms with Crippen LogP contribution in [-0.2, 0) is 22.6 Å². The highest BCUT2D eigenvalue weighted by atomic mass is 16.2. The molecule has 1 fully saturated rings. The average molecular weight is 350 g/mol. The van der Waals surface area contributed by atoms with Gasteiger partial charge in [-0.05, 0) is 23.5 Å². The summed E-state index contributed by atoms with van der Waals surface area (Å²) in [5.41, 5.74) is 2.10. The normalized spacial score (nSPS) is 20.3. The van der Waals surface area contributed by atoms with Crippen molar-refractivity contribution in [2.24, 2.45) is 5.92 Å². The summed E-state index contributed by atoms with van der Waals surface area (Å²) in [7, 11) is 0. The van der Waals surface area contributed by atoms with Gasteiger partial charge in [0, 0.05) is 13.0 Å². The Labute approximate surface area is 155 Å². The van der Waals surface area contributed by atoms with Gasteiger partial charge in [-0.15, -0.1) is 0 Å². The Hall–Kier alpha value is -2.62. The van der Waals surface area contributed by atoms with Crippen LogP contribution in [0, 0.1) is 5.92 Å². The molecule has 2 amide bonds. The summed E-state index contributed by atoms with van der Waals surface area (Å²) in [6, 6.07) is 18.8. The van der Waals surface area contributed by atoms with E-state index in [2.05, 4.69) is 19.2 Å². The van der Waals surface area contributed by atoms with Crippen LogP contribution in [-0.4, -0.2) is 28.8 Å². The summed E-state index contributed by atoms with van der Waals surface area (Å²) in [5, 5.41) is 2.95. The molecule has 4 heteroatoms. The van der Waals surface area contributed by atoms with Gasteiger partial charge in [-0.3, -0.25) is 9.59 Å². The number of hydrogen-bond acceptors (Lipinski definition) is 2. The fourth-order valence-electron chi connectivity index (χ4n) is 3.46. The molecular formula is C22H26N2O2.